The molecular weight excluding hydrogens is 186 g/mol. The lowest BCUT2D eigenvalue weighted by Gasteiger charge is -2.39. The van der Waals surface area contributed by atoms with Crippen molar-refractivity contribution in [2.45, 2.75) is 13.0 Å². The Bertz CT molecular complexity index is 320. The summed E-state index contributed by atoms with van der Waals surface area (Å²) in [5.74, 6) is 0. The van der Waals surface area contributed by atoms with Crippen molar-refractivity contribution >= 4 is 11.4 Å². The topological polar surface area (TPSA) is 32.5 Å². The third kappa shape index (κ3) is 2.23. The van der Waals surface area contributed by atoms with Crippen LogP contribution in [-0.2, 0) is 0 Å². The van der Waals surface area contributed by atoms with Crippen LogP contribution in [0.3, 0.4) is 0 Å². The molecule has 1 aliphatic rings. The van der Waals surface area contributed by atoms with Crippen molar-refractivity contribution in [1.82, 2.24) is 4.90 Å². The van der Waals surface area contributed by atoms with Crippen molar-refractivity contribution in [1.29, 1.82) is 0 Å². The lowest BCUT2D eigenvalue weighted by atomic mass is 10.1. The molecule has 1 unspecified atom stereocenters. The number of hydrogen-bond acceptors (Lipinski definition) is 3. The van der Waals surface area contributed by atoms with E-state index in [4.69, 9.17) is 5.73 Å². The average Bonchev–Trinajstić information content (AvgIpc) is 2.23. The van der Waals surface area contributed by atoms with E-state index in [2.05, 4.69) is 35.9 Å². The van der Waals surface area contributed by atoms with Crippen LogP contribution < -0.4 is 10.6 Å². The summed E-state index contributed by atoms with van der Waals surface area (Å²) in [6.45, 7) is 5.60. The van der Waals surface area contributed by atoms with Gasteiger partial charge in [0.1, 0.15) is 0 Å². The molecule has 0 aromatic heterocycles. The molecule has 3 heteroatoms. The van der Waals surface area contributed by atoms with Gasteiger partial charge >= 0.3 is 0 Å². The second kappa shape index (κ2) is 4.11. The number of nitrogens with two attached hydrogens (primary N) is 1. The van der Waals surface area contributed by atoms with E-state index in [-0.39, 0.29) is 0 Å². The molecular formula is C12H19N3. The highest BCUT2D eigenvalue weighted by Crippen LogP contribution is 2.19. The smallest absolute Gasteiger partial charge is 0.0368 e. The number of rotatable bonds is 1. The lowest BCUT2D eigenvalue weighted by Crippen LogP contribution is -2.50. The summed E-state index contributed by atoms with van der Waals surface area (Å²) in [7, 11) is 2.19. The molecule has 2 N–H and O–H groups in total. The number of hydrogen-bond donors (Lipinski definition) is 1. The third-order valence-corrected chi connectivity index (χ3v) is 3.22. The highest BCUT2D eigenvalue weighted by Gasteiger charge is 2.20. The largest absolute Gasteiger partial charge is 0.399 e. The maximum absolute atomic E-state index is 5.68. The zero-order valence-electron chi connectivity index (χ0n) is 9.48. The van der Waals surface area contributed by atoms with E-state index in [1.807, 2.05) is 12.1 Å². The first-order valence-electron chi connectivity index (χ1n) is 5.47. The van der Waals surface area contributed by atoms with Crippen molar-refractivity contribution in [2.75, 3.05) is 37.3 Å². The Labute approximate surface area is 91.5 Å². The van der Waals surface area contributed by atoms with E-state index in [1.54, 1.807) is 0 Å². The Morgan fingerprint density at radius 3 is 2.47 bits per heavy atom. The van der Waals surface area contributed by atoms with Gasteiger partial charge in [-0.15, -0.1) is 0 Å². The standard InChI is InChI=1S/C12H19N3/c1-10-9-15(8-7-14(10)2)12-5-3-11(13)4-6-12/h3-6,10H,7-9,13H2,1-2H3. The van der Waals surface area contributed by atoms with Crippen molar-refractivity contribution < 1.29 is 0 Å². The molecule has 0 spiro atoms. The summed E-state index contributed by atoms with van der Waals surface area (Å²) in [5.41, 5.74) is 7.79. The molecule has 1 fully saturated rings. The monoisotopic (exact) mass is 205 g/mol. The van der Waals surface area contributed by atoms with E-state index >= 15 is 0 Å². The number of nitrogen functional groups attached to an aromatic ring is 1. The fraction of sp³-hybridized carbons (Fsp3) is 0.500. The van der Waals surface area contributed by atoms with Crippen LogP contribution in [0.1, 0.15) is 6.92 Å². The van der Waals surface area contributed by atoms with Gasteiger partial charge in [-0.05, 0) is 38.2 Å². The molecule has 0 radical (unpaired) electrons. The predicted molar refractivity (Wildman–Crippen MR) is 65.2 cm³/mol. The summed E-state index contributed by atoms with van der Waals surface area (Å²) >= 11 is 0. The number of piperazine rings is 1. The Kier molecular flexibility index (Phi) is 2.82. The third-order valence-electron chi connectivity index (χ3n) is 3.22. The Morgan fingerprint density at radius 1 is 1.20 bits per heavy atom. The van der Waals surface area contributed by atoms with E-state index in [1.165, 1.54) is 5.69 Å². The Hall–Kier alpha value is -1.22. The molecule has 1 saturated heterocycles. The van der Waals surface area contributed by atoms with Gasteiger partial charge in [-0.2, -0.15) is 0 Å². The van der Waals surface area contributed by atoms with Crippen LogP contribution in [0.15, 0.2) is 24.3 Å². The van der Waals surface area contributed by atoms with Crippen LogP contribution in [0.25, 0.3) is 0 Å². The molecule has 2 rings (SSSR count). The van der Waals surface area contributed by atoms with Gasteiger partial charge in [0.15, 0.2) is 0 Å². The Morgan fingerprint density at radius 2 is 1.87 bits per heavy atom. The molecule has 1 aromatic carbocycles. The maximum Gasteiger partial charge on any atom is 0.0368 e. The minimum absolute atomic E-state index is 0.622. The molecule has 1 atom stereocenters. The van der Waals surface area contributed by atoms with Gasteiger partial charge in [0, 0.05) is 37.1 Å². The van der Waals surface area contributed by atoms with Crippen molar-refractivity contribution in [3.05, 3.63) is 24.3 Å². The molecule has 3 nitrogen and oxygen atoms in total. The lowest BCUT2D eigenvalue weighted by molar-refractivity contribution is 0.234. The number of anilines is 2. The SMILES string of the molecule is CC1CN(c2ccc(N)cc2)CCN1C. The molecule has 0 amide bonds. The number of nitrogens with zero attached hydrogens (tertiary/aromatic N) is 2. The maximum atomic E-state index is 5.68. The van der Waals surface area contributed by atoms with Gasteiger partial charge in [-0.1, -0.05) is 0 Å². The zero-order chi connectivity index (χ0) is 10.8. The molecule has 15 heavy (non-hydrogen) atoms. The minimum Gasteiger partial charge on any atom is -0.399 e. The van der Waals surface area contributed by atoms with E-state index in [0.717, 1.165) is 25.3 Å². The van der Waals surface area contributed by atoms with Crippen molar-refractivity contribution in [3.63, 3.8) is 0 Å². The summed E-state index contributed by atoms with van der Waals surface area (Å²) < 4.78 is 0. The first-order chi connectivity index (χ1) is 7.16. The predicted octanol–water partition coefficient (Wildman–Crippen LogP) is 1.41. The van der Waals surface area contributed by atoms with E-state index in [0.29, 0.717) is 6.04 Å². The van der Waals surface area contributed by atoms with Gasteiger partial charge in [0.2, 0.25) is 0 Å². The molecule has 0 aliphatic carbocycles. The van der Waals surface area contributed by atoms with Gasteiger partial charge in [-0.3, -0.25) is 0 Å². The molecule has 1 aromatic rings. The highest BCUT2D eigenvalue weighted by molar-refractivity contribution is 5.53. The minimum atomic E-state index is 0.622. The first kappa shape index (κ1) is 10.3. The van der Waals surface area contributed by atoms with Crippen LogP contribution in [0.5, 0.6) is 0 Å². The van der Waals surface area contributed by atoms with Crippen LogP contribution in [0, 0.1) is 0 Å². The van der Waals surface area contributed by atoms with Gasteiger partial charge < -0.3 is 15.5 Å². The average molecular weight is 205 g/mol. The highest BCUT2D eigenvalue weighted by atomic mass is 15.3. The van der Waals surface area contributed by atoms with Crippen LogP contribution in [0.2, 0.25) is 0 Å². The zero-order valence-corrected chi connectivity index (χ0v) is 9.48. The van der Waals surface area contributed by atoms with Crippen LogP contribution in [-0.4, -0.2) is 37.6 Å². The summed E-state index contributed by atoms with van der Waals surface area (Å²) in [6, 6.07) is 8.77. The fourth-order valence-corrected chi connectivity index (χ4v) is 1.97. The molecule has 1 heterocycles. The van der Waals surface area contributed by atoms with Gasteiger partial charge in [0.25, 0.3) is 0 Å². The second-order valence-electron chi connectivity index (χ2n) is 4.37. The Balaban J connectivity index is 2.08. The number of likely N-dealkylation sites (N-methyl/N-ethyl adjacent to an activating group) is 1. The summed E-state index contributed by atoms with van der Waals surface area (Å²) in [6.07, 6.45) is 0. The van der Waals surface area contributed by atoms with Crippen LogP contribution >= 0.6 is 0 Å². The summed E-state index contributed by atoms with van der Waals surface area (Å²) in [4.78, 5) is 4.82. The fourth-order valence-electron chi connectivity index (χ4n) is 1.97. The molecule has 1 aliphatic heterocycles. The van der Waals surface area contributed by atoms with E-state index < -0.39 is 0 Å². The second-order valence-corrected chi connectivity index (χ2v) is 4.37. The van der Waals surface area contributed by atoms with Crippen molar-refractivity contribution in [3.8, 4) is 0 Å². The normalized spacial score (nSPS) is 23.1. The molecule has 0 bridgehead atoms. The summed E-state index contributed by atoms with van der Waals surface area (Å²) in [5, 5.41) is 0. The molecule has 0 saturated carbocycles. The molecule has 82 valence electrons. The van der Waals surface area contributed by atoms with Gasteiger partial charge in [0.05, 0.1) is 0 Å². The van der Waals surface area contributed by atoms with Crippen molar-refractivity contribution in [2.24, 2.45) is 0 Å². The van der Waals surface area contributed by atoms with Crippen LogP contribution in [0.4, 0.5) is 11.4 Å². The first-order valence-corrected chi connectivity index (χ1v) is 5.47. The quantitative estimate of drug-likeness (QED) is 0.704. The number of benzene rings is 1. The van der Waals surface area contributed by atoms with Gasteiger partial charge in [-0.25, -0.2) is 0 Å². The van der Waals surface area contributed by atoms with E-state index in [9.17, 15) is 0 Å².